The third kappa shape index (κ3) is 2.64. The second-order valence-electron chi connectivity index (χ2n) is 4.28. The molecule has 1 aliphatic rings. The minimum Gasteiger partial charge on any atom is -0.472 e. The fraction of sp³-hybridized carbons (Fsp3) is 0.667. The van der Waals surface area contributed by atoms with Gasteiger partial charge in [0.25, 0.3) is 0 Å². The van der Waals surface area contributed by atoms with Gasteiger partial charge in [-0.1, -0.05) is 0 Å². The van der Waals surface area contributed by atoms with E-state index in [9.17, 15) is 0 Å². The SMILES string of the molecule is CNCC1CN(C(C)c2ccoc2)CCO1. The molecule has 1 aliphatic heterocycles. The third-order valence-corrected chi connectivity index (χ3v) is 3.18. The van der Waals surface area contributed by atoms with E-state index in [1.807, 2.05) is 19.4 Å². The second kappa shape index (κ2) is 5.48. The minimum absolute atomic E-state index is 0.299. The minimum atomic E-state index is 0.299. The zero-order valence-corrected chi connectivity index (χ0v) is 9.98. The molecule has 1 aromatic rings. The summed E-state index contributed by atoms with van der Waals surface area (Å²) in [5.41, 5.74) is 1.24. The first-order chi connectivity index (χ1) is 7.81. The standard InChI is InChI=1S/C12H20N2O2/c1-10(11-3-5-15-9-11)14-4-6-16-12(8-14)7-13-2/h3,5,9-10,12-13H,4,6-8H2,1-2H3. The Morgan fingerprint density at radius 1 is 1.62 bits per heavy atom. The maximum absolute atomic E-state index is 5.69. The van der Waals surface area contributed by atoms with Crippen LogP contribution in [0.25, 0.3) is 0 Å². The largest absolute Gasteiger partial charge is 0.472 e. The maximum Gasteiger partial charge on any atom is 0.0950 e. The number of likely N-dealkylation sites (N-methyl/N-ethyl adjacent to an activating group) is 1. The summed E-state index contributed by atoms with van der Waals surface area (Å²) < 4.78 is 10.8. The number of ether oxygens (including phenoxy) is 1. The first kappa shape index (κ1) is 11.6. The van der Waals surface area contributed by atoms with Gasteiger partial charge in [0.05, 0.1) is 25.2 Å². The normalized spacial score (nSPS) is 24.5. The Morgan fingerprint density at radius 3 is 3.19 bits per heavy atom. The lowest BCUT2D eigenvalue weighted by atomic mass is 10.1. The first-order valence-corrected chi connectivity index (χ1v) is 5.83. The molecule has 0 spiro atoms. The molecule has 1 fully saturated rings. The Kier molecular flexibility index (Phi) is 3.98. The lowest BCUT2D eigenvalue weighted by molar-refractivity contribution is -0.0393. The highest BCUT2D eigenvalue weighted by Gasteiger charge is 2.24. The number of rotatable bonds is 4. The Morgan fingerprint density at radius 2 is 2.50 bits per heavy atom. The molecule has 2 rings (SSSR count). The molecule has 0 radical (unpaired) electrons. The molecule has 2 unspecified atom stereocenters. The van der Waals surface area contributed by atoms with Gasteiger partial charge in [-0.2, -0.15) is 0 Å². The van der Waals surface area contributed by atoms with E-state index in [4.69, 9.17) is 9.15 Å². The molecule has 1 N–H and O–H groups in total. The number of nitrogens with one attached hydrogen (secondary N) is 1. The van der Waals surface area contributed by atoms with Crippen molar-refractivity contribution < 1.29 is 9.15 Å². The summed E-state index contributed by atoms with van der Waals surface area (Å²) in [7, 11) is 1.96. The highest BCUT2D eigenvalue weighted by atomic mass is 16.5. The zero-order chi connectivity index (χ0) is 11.4. The van der Waals surface area contributed by atoms with Crippen LogP contribution >= 0.6 is 0 Å². The van der Waals surface area contributed by atoms with Crippen LogP contribution in [0.2, 0.25) is 0 Å². The van der Waals surface area contributed by atoms with Gasteiger partial charge in [-0.3, -0.25) is 4.90 Å². The summed E-state index contributed by atoms with van der Waals surface area (Å²) in [6.07, 6.45) is 3.86. The molecule has 0 bridgehead atoms. The fourth-order valence-corrected chi connectivity index (χ4v) is 2.17. The smallest absolute Gasteiger partial charge is 0.0950 e. The van der Waals surface area contributed by atoms with Gasteiger partial charge in [0.2, 0.25) is 0 Å². The lowest BCUT2D eigenvalue weighted by Crippen LogP contribution is -2.46. The monoisotopic (exact) mass is 224 g/mol. The third-order valence-electron chi connectivity index (χ3n) is 3.18. The van der Waals surface area contributed by atoms with Crippen LogP contribution in [0.3, 0.4) is 0 Å². The summed E-state index contributed by atoms with van der Waals surface area (Å²) in [4.78, 5) is 2.44. The van der Waals surface area contributed by atoms with E-state index in [2.05, 4.69) is 17.1 Å². The number of morpholine rings is 1. The molecule has 4 nitrogen and oxygen atoms in total. The summed E-state index contributed by atoms with van der Waals surface area (Å²) in [6.45, 7) is 5.91. The van der Waals surface area contributed by atoms with Gasteiger partial charge in [-0.25, -0.2) is 0 Å². The molecule has 2 atom stereocenters. The molecule has 90 valence electrons. The van der Waals surface area contributed by atoms with Crippen molar-refractivity contribution in [2.24, 2.45) is 0 Å². The number of hydrogen-bond acceptors (Lipinski definition) is 4. The Balaban J connectivity index is 1.93. The van der Waals surface area contributed by atoms with E-state index in [0.29, 0.717) is 12.1 Å². The number of nitrogens with zero attached hydrogens (tertiary/aromatic N) is 1. The Bertz CT molecular complexity index is 298. The molecule has 0 amide bonds. The fourth-order valence-electron chi connectivity index (χ4n) is 2.17. The number of hydrogen-bond donors (Lipinski definition) is 1. The summed E-state index contributed by atoms with van der Waals surface area (Å²) in [5.74, 6) is 0. The first-order valence-electron chi connectivity index (χ1n) is 5.83. The van der Waals surface area contributed by atoms with Gasteiger partial charge >= 0.3 is 0 Å². The van der Waals surface area contributed by atoms with Crippen molar-refractivity contribution >= 4 is 0 Å². The van der Waals surface area contributed by atoms with Crippen molar-refractivity contribution in [1.82, 2.24) is 10.2 Å². The molecule has 4 heteroatoms. The van der Waals surface area contributed by atoms with Gasteiger partial charge in [0.1, 0.15) is 0 Å². The summed E-state index contributed by atoms with van der Waals surface area (Å²) >= 11 is 0. The molecular formula is C12H20N2O2. The predicted molar refractivity (Wildman–Crippen MR) is 62.4 cm³/mol. The van der Waals surface area contributed by atoms with E-state index in [1.165, 1.54) is 5.56 Å². The Labute approximate surface area is 96.6 Å². The van der Waals surface area contributed by atoms with Gasteiger partial charge in [-0.15, -0.1) is 0 Å². The van der Waals surface area contributed by atoms with Crippen LogP contribution in [0, 0.1) is 0 Å². The van der Waals surface area contributed by atoms with E-state index in [1.54, 1.807) is 6.26 Å². The summed E-state index contributed by atoms with van der Waals surface area (Å²) in [5, 5.41) is 3.16. The quantitative estimate of drug-likeness (QED) is 0.835. The van der Waals surface area contributed by atoms with Crippen LogP contribution in [0.15, 0.2) is 23.0 Å². The van der Waals surface area contributed by atoms with E-state index < -0.39 is 0 Å². The molecule has 0 aromatic carbocycles. The van der Waals surface area contributed by atoms with Crippen molar-refractivity contribution in [3.8, 4) is 0 Å². The average molecular weight is 224 g/mol. The van der Waals surface area contributed by atoms with Crippen molar-refractivity contribution in [2.75, 3.05) is 33.3 Å². The van der Waals surface area contributed by atoms with Gasteiger partial charge in [-0.05, 0) is 20.0 Å². The number of furan rings is 1. The van der Waals surface area contributed by atoms with E-state index in [-0.39, 0.29) is 0 Å². The zero-order valence-electron chi connectivity index (χ0n) is 9.98. The van der Waals surface area contributed by atoms with Crippen LogP contribution in [-0.4, -0.2) is 44.3 Å². The Hall–Kier alpha value is -0.840. The van der Waals surface area contributed by atoms with Crippen LogP contribution in [0.4, 0.5) is 0 Å². The lowest BCUT2D eigenvalue weighted by Gasteiger charge is -2.36. The van der Waals surface area contributed by atoms with Crippen LogP contribution < -0.4 is 5.32 Å². The molecule has 0 aliphatic carbocycles. The molecule has 2 heterocycles. The van der Waals surface area contributed by atoms with Gasteiger partial charge < -0.3 is 14.5 Å². The van der Waals surface area contributed by atoms with Crippen molar-refractivity contribution in [2.45, 2.75) is 19.1 Å². The van der Waals surface area contributed by atoms with Gasteiger partial charge in [0, 0.05) is 31.2 Å². The van der Waals surface area contributed by atoms with Crippen molar-refractivity contribution in [3.05, 3.63) is 24.2 Å². The van der Waals surface area contributed by atoms with Crippen molar-refractivity contribution in [3.63, 3.8) is 0 Å². The second-order valence-corrected chi connectivity index (χ2v) is 4.28. The molecule has 0 saturated carbocycles. The molecule has 1 aromatic heterocycles. The van der Waals surface area contributed by atoms with Crippen LogP contribution in [-0.2, 0) is 4.74 Å². The van der Waals surface area contributed by atoms with E-state index >= 15 is 0 Å². The molecule has 16 heavy (non-hydrogen) atoms. The highest BCUT2D eigenvalue weighted by molar-refractivity contribution is 5.10. The van der Waals surface area contributed by atoms with E-state index in [0.717, 1.165) is 26.2 Å². The molecule has 1 saturated heterocycles. The van der Waals surface area contributed by atoms with Crippen LogP contribution in [0.1, 0.15) is 18.5 Å². The average Bonchev–Trinajstić information content (AvgIpc) is 2.82. The maximum atomic E-state index is 5.69. The topological polar surface area (TPSA) is 37.6 Å². The van der Waals surface area contributed by atoms with Crippen molar-refractivity contribution in [1.29, 1.82) is 0 Å². The highest BCUT2D eigenvalue weighted by Crippen LogP contribution is 2.22. The summed E-state index contributed by atoms with van der Waals surface area (Å²) in [6, 6.07) is 2.44. The molecular weight excluding hydrogens is 204 g/mol. The predicted octanol–water partition coefficient (Wildman–Crippen LogP) is 1.26. The van der Waals surface area contributed by atoms with Crippen LogP contribution in [0.5, 0.6) is 0 Å². The van der Waals surface area contributed by atoms with Gasteiger partial charge in [0.15, 0.2) is 0 Å².